The van der Waals surface area contributed by atoms with Crippen molar-refractivity contribution in [2.75, 3.05) is 0 Å². The molecule has 0 fully saturated rings. The van der Waals surface area contributed by atoms with Crippen LogP contribution in [-0.2, 0) is 0 Å². The quantitative estimate of drug-likeness (QED) is 0.449. The molecular weight excluding hydrogens is 322 g/mol. The second-order valence-corrected chi connectivity index (χ2v) is 5.42. The van der Waals surface area contributed by atoms with E-state index < -0.39 is 4.92 Å². The molecule has 0 spiro atoms. The Morgan fingerprint density at radius 2 is 1.96 bits per heavy atom. The first-order chi connectivity index (χ1) is 12.0. The van der Waals surface area contributed by atoms with Gasteiger partial charge in [0.25, 0.3) is 11.6 Å². The number of non-ortho nitro benzene ring substituents is 1. The molecule has 3 rings (SSSR count). The van der Waals surface area contributed by atoms with E-state index in [4.69, 9.17) is 0 Å². The van der Waals surface area contributed by atoms with E-state index in [1.807, 2.05) is 18.2 Å². The van der Waals surface area contributed by atoms with Crippen molar-refractivity contribution in [3.05, 3.63) is 75.7 Å². The number of pyridine rings is 1. The first-order valence-electron chi connectivity index (χ1n) is 7.50. The average Bonchev–Trinajstić information content (AvgIpc) is 2.95. The minimum absolute atomic E-state index is 0.00180. The first kappa shape index (κ1) is 16.3. The smallest absolute Gasteiger partial charge is 0.290 e. The Morgan fingerprint density at radius 3 is 2.64 bits per heavy atom. The molecule has 0 aliphatic rings. The van der Waals surface area contributed by atoms with Crippen LogP contribution in [0.25, 0.3) is 5.65 Å². The van der Waals surface area contributed by atoms with E-state index in [-0.39, 0.29) is 11.6 Å². The molecule has 2 heterocycles. The molecule has 0 radical (unpaired) electrons. The number of amides is 1. The molecule has 25 heavy (non-hydrogen) atoms. The maximum absolute atomic E-state index is 12.5. The summed E-state index contributed by atoms with van der Waals surface area (Å²) in [6.45, 7) is 3.47. The zero-order valence-electron chi connectivity index (χ0n) is 13.6. The minimum Gasteiger partial charge on any atom is -0.295 e. The number of nitrogens with one attached hydrogen (secondary N) is 1. The number of aromatic nitrogens is 2. The summed E-state index contributed by atoms with van der Waals surface area (Å²) in [5, 5.41) is 14.8. The second-order valence-electron chi connectivity index (χ2n) is 5.42. The molecule has 0 saturated carbocycles. The first-order valence-corrected chi connectivity index (χ1v) is 7.50. The number of aryl methyl sites for hydroxylation is 1. The largest absolute Gasteiger partial charge is 0.295 e. The highest BCUT2D eigenvalue weighted by Crippen LogP contribution is 2.13. The van der Waals surface area contributed by atoms with Crippen LogP contribution in [0.3, 0.4) is 0 Å². The summed E-state index contributed by atoms with van der Waals surface area (Å²) in [5.41, 5.74) is 5.43. The second kappa shape index (κ2) is 6.52. The zero-order chi connectivity index (χ0) is 18.0. The van der Waals surface area contributed by atoms with Crippen LogP contribution in [0.1, 0.15) is 28.7 Å². The number of hydrazone groups is 1. The van der Waals surface area contributed by atoms with Crippen molar-refractivity contribution in [2.45, 2.75) is 13.8 Å². The van der Waals surface area contributed by atoms with Gasteiger partial charge in [0.1, 0.15) is 11.3 Å². The van der Waals surface area contributed by atoms with Gasteiger partial charge >= 0.3 is 0 Å². The lowest BCUT2D eigenvalue weighted by molar-refractivity contribution is -0.384. The van der Waals surface area contributed by atoms with E-state index in [9.17, 15) is 14.9 Å². The van der Waals surface area contributed by atoms with Crippen molar-refractivity contribution < 1.29 is 9.72 Å². The summed E-state index contributed by atoms with van der Waals surface area (Å²) in [6.07, 6.45) is 1.76. The van der Waals surface area contributed by atoms with Crippen LogP contribution in [0, 0.1) is 17.0 Å². The Bertz CT molecular complexity index is 989. The summed E-state index contributed by atoms with van der Waals surface area (Å²) in [7, 11) is 0. The molecule has 3 aromatic rings. The van der Waals surface area contributed by atoms with Gasteiger partial charge in [-0.1, -0.05) is 6.07 Å². The lowest BCUT2D eigenvalue weighted by Crippen LogP contribution is -2.21. The fraction of sp³-hybridized carbons (Fsp3) is 0.118. The van der Waals surface area contributed by atoms with Gasteiger partial charge in [-0.3, -0.25) is 19.3 Å². The summed E-state index contributed by atoms with van der Waals surface area (Å²) >= 11 is 0. The standard InChI is InChI=1S/C17H15N5O3/c1-11(13-6-8-14(9-7-13)22(24)25)19-20-17(23)16-12(2)18-15-5-3-4-10-21(15)16/h3-10H,1-2H3,(H,20,23)/b19-11+. The van der Waals surface area contributed by atoms with Gasteiger partial charge in [-0.2, -0.15) is 5.10 Å². The molecule has 126 valence electrons. The van der Waals surface area contributed by atoms with Crippen LogP contribution >= 0.6 is 0 Å². The number of nitrogens with zero attached hydrogens (tertiary/aromatic N) is 4. The zero-order valence-corrected chi connectivity index (χ0v) is 13.6. The summed E-state index contributed by atoms with van der Waals surface area (Å²) in [6, 6.07) is 11.4. The minimum atomic E-state index is -0.467. The van der Waals surface area contributed by atoms with E-state index in [1.54, 1.807) is 36.6 Å². The molecule has 1 aromatic carbocycles. The Balaban J connectivity index is 1.81. The summed E-state index contributed by atoms with van der Waals surface area (Å²) in [4.78, 5) is 27.0. The van der Waals surface area contributed by atoms with Gasteiger partial charge in [-0.05, 0) is 43.7 Å². The predicted octanol–water partition coefficient (Wildman–Crippen LogP) is 2.70. The summed E-state index contributed by atoms with van der Waals surface area (Å²) in [5.74, 6) is -0.377. The predicted molar refractivity (Wildman–Crippen MR) is 92.7 cm³/mol. The molecule has 0 saturated heterocycles. The molecule has 0 aliphatic heterocycles. The number of imidazole rings is 1. The van der Waals surface area contributed by atoms with Gasteiger partial charge in [0.15, 0.2) is 0 Å². The van der Waals surface area contributed by atoms with Gasteiger partial charge in [0.2, 0.25) is 0 Å². The molecule has 0 bridgehead atoms. The third-order valence-corrected chi connectivity index (χ3v) is 3.74. The number of hydrogen-bond acceptors (Lipinski definition) is 5. The number of benzene rings is 1. The van der Waals surface area contributed by atoms with E-state index in [0.717, 1.165) is 0 Å². The van der Waals surface area contributed by atoms with Gasteiger partial charge in [0.05, 0.1) is 16.3 Å². The topological polar surface area (TPSA) is 102 Å². The van der Waals surface area contributed by atoms with Crippen LogP contribution in [-0.4, -0.2) is 25.9 Å². The molecule has 1 amide bonds. The molecule has 0 aliphatic carbocycles. The molecular formula is C17H15N5O3. The van der Waals surface area contributed by atoms with Crippen molar-refractivity contribution in [3.8, 4) is 0 Å². The van der Waals surface area contributed by atoms with Gasteiger partial charge in [0, 0.05) is 18.3 Å². The number of fused-ring (bicyclic) bond motifs is 1. The van der Waals surface area contributed by atoms with Crippen molar-refractivity contribution >= 4 is 23.0 Å². The van der Waals surface area contributed by atoms with Crippen molar-refractivity contribution in [1.82, 2.24) is 14.8 Å². The molecule has 0 atom stereocenters. The SMILES string of the molecule is C/C(=N\NC(=O)c1c(C)nc2ccccn12)c1ccc([N+](=O)[O-])cc1. The van der Waals surface area contributed by atoms with Crippen LogP contribution in [0.2, 0.25) is 0 Å². The van der Waals surface area contributed by atoms with Crippen LogP contribution in [0.4, 0.5) is 5.69 Å². The number of nitro groups is 1. The molecule has 0 unspecified atom stereocenters. The van der Waals surface area contributed by atoms with Gasteiger partial charge in [-0.15, -0.1) is 0 Å². The van der Waals surface area contributed by atoms with Crippen molar-refractivity contribution in [1.29, 1.82) is 0 Å². The van der Waals surface area contributed by atoms with E-state index in [2.05, 4.69) is 15.5 Å². The highest BCUT2D eigenvalue weighted by atomic mass is 16.6. The van der Waals surface area contributed by atoms with Crippen LogP contribution in [0.5, 0.6) is 0 Å². The normalized spacial score (nSPS) is 11.5. The van der Waals surface area contributed by atoms with E-state index in [0.29, 0.717) is 28.3 Å². The Kier molecular flexibility index (Phi) is 4.25. The lowest BCUT2D eigenvalue weighted by Gasteiger charge is -2.04. The molecule has 8 nitrogen and oxygen atoms in total. The average molecular weight is 337 g/mol. The third-order valence-electron chi connectivity index (χ3n) is 3.74. The van der Waals surface area contributed by atoms with Crippen molar-refractivity contribution in [3.63, 3.8) is 0 Å². The highest BCUT2D eigenvalue weighted by Gasteiger charge is 2.16. The monoisotopic (exact) mass is 337 g/mol. The van der Waals surface area contributed by atoms with E-state index in [1.165, 1.54) is 12.1 Å². The number of rotatable bonds is 4. The fourth-order valence-corrected chi connectivity index (χ4v) is 2.46. The van der Waals surface area contributed by atoms with E-state index >= 15 is 0 Å². The number of nitro benzene ring substituents is 1. The van der Waals surface area contributed by atoms with Gasteiger partial charge < -0.3 is 0 Å². The van der Waals surface area contributed by atoms with Crippen molar-refractivity contribution in [2.24, 2.45) is 5.10 Å². The Labute approximate surface area is 143 Å². The third kappa shape index (κ3) is 3.23. The molecule has 2 aromatic heterocycles. The Hall–Kier alpha value is -3.55. The number of carbonyl (C=O) groups is 1. The molecule has 8 heteroatoms. The fourth-order valence-electron chi connectivity index (χ4n) is 2.46. The Morgan fingerprint density at radius 1 is 1.24 bits per heavy atom. The lowest BCUT2D eigenvalue weighted by atomic mass is 10.1. The maximum Gasteiger partial charge on any atom is 0.290 e. The molecule has 1 N–H and O–H groups in total. The van der Waals surface area contributed by atoms with Crippen LogP contribution in [0.15, 0.2) is 53.8 Å². The van der Waals surface area contributed by atoms with Crippen LogP contribution < -0.4 is 5.43 Å². The number of hydrogen-bond donors (Lipinski definition) is 1. The number of carbonyl (C=O) groups excluding carboxylic acids is 1. The summed E-state index contributed by atoms with van der Waals surface area (Å²) < 4.78 is 1.70. The maximum atomic E-state index is 12.5. The highest BCUT2D eigenvalue weighted by molar-refractivity contribution is 6.01. The van der Waals surface area contributed by atoms with Gasteiger partial charge in [-0.25, -0.2) is 10.4 Å².